The molecular formula is C15H27NO2. The van der Waals surface area contributed by atoms with E-state index >= 15 is 0 Å². The normalized spacial score (nSPS) is 39.5. The molecule has 2 heterocycles. The number of nitrogens with one attached hydrogen (secondary N) is 1. The second-order valence-electron chi connectivity index (χ2n) is 6.42. The zero-order valence-corrected chi connectivity index (χ0v) is 11.6. The van der Waals surface area contributed by atoms with Gasteiger partial charge < -0.3 is 14.8 Å². The molecule has 3 unspecified atom stereocenters. The molecular weight excluding hydrogens is 226 g/mol. The van der Waals surface area contributed by atoms with E-state index in [9.17, 15) is 0 Å². The van der Waals surface area contributed by atoms with E-state index in [1.165, 1.54) is 44.9 Å². The molecule has 2 saturated heterocycles. The molecule has 0 bridgehead atoms. The van der Waals surface area contributed by atoms with Crippen molar-refractivity contribution in [3.05, 3.63) is 0 Å². The third-order valence-electron chi connectivity index (χ3n) is 5.26. The molecule has 1 saturated carbocycles. The highest BCUT2D eigenvalue weighted by molar-refractivity contribution is 4.94. The molecule has 0 radical (unpaired) electrons. The first-order chi connectivity index (χ1) is 8.81. The Morgan fingerprint density at radius 1 is 1.17 bits per heavy atom. The summed E-state index contributed by atoms with van der Waals surface area (Å²) in [6, 6.07) is 0.627. The quantitative estimate of drug-likeness (QED) is 0.838. The van der Waals surface area contributed by atoms with Gasteiger partial charge >= 0.3 is 0 Å². The molecule has 0 aromatic carbocycles. The largest absolute Gasteiger partial charge is 0.381 e. The highest BCUT2D eigenvalue weighted by Crippen LogP contribution is 2.44. The maximum atomic E-state index is 6.42. The number of hydrogen-bond donors (Lipinski definition) is 1. The van der Waals surface area contributed by atoms with Crippen molar-refractivity contribution in [1.29, 1.82) is 0 Å². The van der Waals surface area contributed by atoms with Gasteiger partial charge in [0.05, 0.1) is 18.3 Å². The van der Waals surface area contributed by atoms with Gasteiger partial charge in [0.25, 0.3) is 0 Å². The van der Waals surface area contributed by atoms with Crippen LogP contribution in [0.2, 0.25) is 0 Å². The molecule has 3 rings (SSSR count). The van der Waals surface area contributed by atoms with E-state index in [-0.39, 0.29) is 5.60 Å². The lowest BCUT2D eigenvalue weighted by molar-refractivity contribution is -0.0584. The average Bonchev–Trinajstić information content (AvgIpc) is 3.01. The van der Waals surface area contributed by atoms with Crippen molar-refractivity contribution in [2.45, 2.75) is 69.1 Å². The van der Waals surface area contributed by atoms with Crippen LogP contribution in [0.5, 0.6) is 0 Å². The van der Waals surface area contributed by atoms with Crippen LogP contribution in [0.4, 0.5) is 0 Å². The number of hydrogen-bond acceptors (Lipinski definition) is 3. The zero-order valence-electron chi connectivity index (χ0n) is 11.6. The Bertz CT molecular complexity index is 276. The van der Waals surface area contributed by atoms with E-state index in [1.54, 1.807) is 0 Å². The third-order valence-corrected chi connectivity index (χ3v) is 5.26. The van der Waals surface area contributed by atoms with Crippen molar-refractivity contribution in [3.8, 4) is 0 Å². The maximum absolute atomic E-state index is 6.42. The monoisotopic (exact) mass is 253 g/mol. The van der Waals surface area contributed by atoms with Crippen molar-refractivity contribution in [1.82, 2.24) is 5.32 Å². The fourth-order valence-corrected chi connectivity index (χ4v) is 4.20. The Hall–Kier alpha value is -0.120. The molecule has 2 aliphatic heterocycles. The standard InChI is InChI=1S/C15H27NO2/c1-16-14-5-9-17-11-12(14)10-13-4-8-15(18-13)6-2-3-7-15/h12-14,16H,2-11H2,1H3. The number of ether oxygens (including phenoxy) is 2. The van der Waals surface area contributed by atoms with Gasteiger partial charge in [-0.1, -0.05) is 12.8 Å². The van der Waals surface area contributed by atoms with Crippen LogP contribution in [-0.2, 0) is 9.47 Å². The minimum absolute atomic E-state index is 0.287. The van der Waals surface area contributed by atoms with Crippen molar-refractivity contribution in [2.24, 2.45) is 5.92 Å². The molecule has 1 spiro atoms. The van der Waals surface area contributed by atoms with E-state index in [0.29, 0.717) is 18.1 Å². The Labute approximate surface area is 111 Å². The molecule has 1 N–H and O–H groups in total. The fraction of sp³-hybridized carbons (Fsp3) is 1.00. The molecule has 3 fully saturated rings. The topological polar surface area (TPSA) is 30.5 Å². The molecule has 0 aromatic heterocycles. The third kappa shape index (κ3) is 2.59. The minimum Gasteiger partial charge on any atom is -0.381 e. The number of rotatable bonds is 3. The van der Waals surface area contributed by atoms with Crippen LogP contribution in [0.3, 0.4) is 0 Å². The van der Waals surface area contributed by atoms with Crippen LogP contribution >= 0.6 is 0 Å². The summed E-state index contributed by atoms with van der Waals surface area (Å²) in [6.45, 7) is 1.83. The fourth-order valence-electron chi connectivity index (χ4n) is 4.20. The van der Waals surface area contributed by atoms with E-state index < -0.39 is 0 Å². The van der Waals surface area contributed by atoms with E-state index in [2.05, 4.69) is 12.4 Å². The molecule has 18 heavy (non-hydrogen) atoms. The van der Waals surface area contributed by atoms with Gasteiger partial charge in [0.15, 0.2) is 0 Å². The summed E-state index contributed by atoms with van der Waals surface area (Å²) in [5.74, 6) is 0.644. The van der Waals surface area contributed by atoms with Crippen molar-refractivity contribution in [2.75, 3.05) is 20.3 Å². The van der Waals surface area contributed by atoms with Crippen LogP contribution in [-0.4, -0.2) is 38.0 Å². The Morgan fingerprint density at radius 2 is 2.00 bits per heavy atom. The van der Waals surface area contributed by atoms with Crippen LogP contribution < -0.4 is 5.32 Å². The molecule has 0 aromatic rings. The Kier molecular flexibility index (Phi) is 3.92. The summed E-state index contributed by atoms with van der Waals surface area (Å²) in [7, 11) is 2.08. The van der Waals surface area contributed by atoms with Crippen molar-refractivity contribution in [3.63, 3.8) is 0 Å². The minimum atomic E-state index is 0.287. The molecule has 3 atom stereocenters. The molecule has 3 heteroatoms. The summed E-state index contributed by atoms with van der Waals surface area (Å²) in [6.07, 6.45) is 10.8. The van der Waals surface area contributed by atoms with E-state index in [0.717, 1.165) is 19.6 Å². The highest BCUT2D eigenvalue weighted by Gasteiger charge is 2.43. The Balaban J connectivity index is 1.53. The van der Waals surface area contributed by atoms with Gasteiger partial charge in [0.1, 0.15) is 0 Å². The van der Waals surface area contributed by atoms with Crippen molar-refractivity contribution >= 4 is 0 Å². The van der Waals surface area contributed by atoms with Gasteiger partial charge in [-0.2, -0.15) is 0 Å². The first-order valence-electron chi connectivity index (χ1n) is 7.74. The summed E-state index contributed by atoms with van der Waals surface area (Å²) in [5.41, 5.74) is 0.287. The predicted molar refractivity (Wildman–Crippen MR) is 71.7 cm³/mol. The van der Waals surface area contributed by atoms with Crippen molar-refractivity contribution < 1.29 is 9.47 Å². The first kappa shape index (κ1) is 12.9. The molecule has 1 aliphatic carbocycles. The molecule has 3 nitrogen and oxygen atoms in total. The lowest BCUT2D eigenvalue weighted by Gasteiger charge is -2.33. The van der Waals surface area contributed by atoms with Crippen LogP contribution in [0, 0.1) is 5.92 Å². The first-order valence-corrected chi connectivity index (χ1v) is 7.74. The Morgan fingerprint density at radius 3 is 2.78 bits per heavy atom. The second-order valence-corrected chi connectivity index (χ2v) is 6.42. The van der Waals surface area contributed by atoms with E-state index in [4.69, 9.17) is 9.47 Å². The summed E-state index contributed by atoms with van der Waals surface area (Å²) in [4.78, 5) is 0. The summed E-state index contributed by atoms with van der Waals surface area (Å²) < 4.78 is 12.1. The van der Waals surface area contributed by atoms with Gasteiger partial charge in [-0.25, -0.2) is 0 Å². The van der Waals surface area contributed by atoms with Gasteiger partial charge in [-0.3, -0.25) is 0 Å². The highest BCUT2D eigenvalue weighted by atomic mass is 16.5. The van der Waals surface area contributed by atoms with Gasteiger partial charge in [-0.05, 0) is 45.6 Å². The van der Waals surface area contributed by atoms with Crippen LogP contribution in [0.15, 0.2) is 0 Å². The van der Waals surface area contributed by atoms with Crippen LogP contribution in [0.1, 0.15) is 51.4 Å². The molecule has 0 amide bonds. The smallest absolute Gasteiger partial charge is 0.0687 e. The summed E-state index contributed by atoms with van der Waals surface area (Å²) in [5, 5.41) is 3.45. The van der Waals surface area contributed by atoms with Gasteiger partial charge in [0.2, 0.25) is 0 Å². The maximum Gasteiger partial charge on any atom is 0.0687 e. The van der Waals surface area contributed by atoms with Gasteiger partial charge in [-0.15, -0.1) is 0 Å². The molecule has 3 aliphatic rings. The molecule has 104 valence electrons. The average molecular weight is 253 g/mol. The van der Waals surface area contributed by atoms with Gasteiger partial charge in [0, 0.05) is 18.6 Å². The SMILES string of the molecule is CNC1CCOCC1CC1CCC2(CCCC2)O1. The van der Waals surface area contributed by atoms with E-state index in [1.807, 2.05) is 0 Å². The lowest BCUT2D eigenvalue weighted by Crippen LogP contribution is -2.42. The second kappa shape index (κ2) is 5.48. The zero-order chi connectivity index (χ0) is 12.4. The lowest BCUT2D eigenvalue weighted by atomic mass is 9.89. The van der Waals surface area contributed by atoms with Crippen LogP contribution in [0.25, 0.3) is 0 Å². The summed E-state index contributed by atoms with van der Waals surface area (Å²) >= 11 is 0. The predicted octanol–water partition coefficient (Wildman–Crippen LogP) is 2.49.